The van der Waals surface area contributed by atoms with Crippen molar-refractivity contribution in [2.75, 3.05) is 6.26 Å². The van der Waals surface area contributed by atoms with Crippen LogP contribution in [0.1, 0.15) is 18.4 Å². The summed E-state index contributed by atoms with van der Waals surface area (Å²) in [7, 11) is -3.10. The molecule has 1 unspecified atom stereocenters. The van der Waals surface area contributed by atoms with Crippen LogP contribution in [0.4, 0.5) is 0 Å². The molecule has 0 heterocycles. The molecule has 88 valence electrons. The van der Waals surface area contributed by atoms with Crippen molar-refractivity contribution in [2.45, 2.75) is 25.3 Å². The largest absolute Gasteiger partial charge is 0.213 e. The molecule has 0 aromatic heterocycles. The van der Waals surface area contributed by atoms with E-state index in [4.69, 9.17) is 0 Å². The summed E-state index contributed by atoms with van der Waals surface area (Å²) >= 11 is 0. The highest BCUT2D eigenvalue weighted by Crippen LogP contribution is 2.34. The van der Waals surface area contributed by atoms with Crippen LogP contribution < -0.4 is 4.72 Å². The molecule has 3 nitrogen and oxygen atoms in total. The molecule has 2 rings (SSSR count). The smallest absolute Gasteiger partial charge is 0.208 e. The maximum atomic E-state index is 11.3. The lowest BCUT2D eigenvalue weighted by atomic mass is 10.0. The Labute approximate surface area is 96.9 Å². The second kappa shape index (κ2) is 4.55. The van der Waals surface area contributed by atoms with Crippen LogP contribution in [0.2, 0.25) is 0 Å². The van der Waals surface area contributed by atoms with Crippen molar-refractivity contribution in [1.82, 2.24) is 4.72 Å². The lowest BCUT2D eigenvalue weighted by Gasteiger charge is -2.16. The molecule has 1 aliphatic carbocycles. The van der Waals surface area contributed by atoms with E-state index < -0.39 is 10.0 Å². The molecule has 0 saturated heterocycles. The minimum atomic E-state index is -3.10. The van der Waals surface area contributed by atoms with Gasteiger partial charge in [0.2, 0.25) is 10.0 Å². The molecule has 0 aliphatic heterocycles. The molecule has 4 heteroatoms. The van der Waals surface area contributed by atoms with Crippen LogP contribution in [0.15, 0.2) is 30.3 Å². The maximum Gasteiger partial charge on any atom is 0.208 e. The van der Waals surface area contributed by atoms with E-state index in [9.17, 15) is 8.42 Å². The summed E-state index contributed by atoms with van der Waals surface area (Å²) in [6, 6.07) is 10.1. The van der Waals surface area contributed by atoms with Gasteiger partial charge in [-0.05, 0) is 30.7 Å². The highest BCUT2D eigenvalue weighted by Gasteiger charge is 2.32. The third-order valence-electron chi connectivity index (χ3n) is 2.85. The van der Waals surface area contributed by atoms with Gasteiger partial charge in [0.15, 0.2) is 0 Å². The Morgan fingerprint density at radius 3 is 2.44 bits per heavy atom. The van der Waals surface area contributed by atoms with E-state index in [-0.39, 0.29) is 6.04 Å². The quantitative estimate of drug-likeness (QED) is 0.847. The second-order valence-corrected chi connectivity index (χ2v) is 6.30. The van der Waals surface area contributed by atoms with Gasteiger partial charge in [-0.1, -0.05) is 30.3 Å². The third kappa shape index (κ3) is 3.61. The average Bonchev–Trinajstić information content (AvgIpc) is 2.99. The monoisotopic (exact) mass is 239 g/mol. The van der Waals surface area contributed by atoms with Crippen molar-refractivity contribution < 1.29 is 8.42 Å². The van der Waals surface area contributed by atoms with Crippen molar-refractivity contribution in [3.8, 4) is 0 Å². The fourth-order valence-corrected chi connectivity index (χ4v) is 2.77. The number of nitrogens with one attached hydrogen (secondary N) is 1. The van der Waals surface area contributed by atoms with Crippen LogP contribution in [0.3, 0.4) is 0 Å². The van der Waals surface area contributed by atoms with Crippen LogP contribution >= 0.6 is 0 Å². The fourth-order valence-electron chi connectivity index (χ4n) is 1.95. The number of rotatable bonds is 5. The Morgan fingerprint density at radius 1 is 1.31 bits per heavy atom. The molecule has 0 amide bonds. The number of benzene rings is 1. The summed E-state index contributed by atoms with van der Waals surface area (Å²) in [5, 5.41) is 0. The van der Waals surface area contributed by atoms with Crippen molar-refractivity contribution in [3.05, 3.63) is 35.9 Å². The van der Waals surface area contributed by atoms with Crippen molar-refractivity contribution in [2.24, 2.45) is 5.92 Å². The normalized spacial score (nSPS) is 18.3. The van der Waals surface area contributed by atoms with Crippen LogP contribution in [-0.2, 0) is 16.4 Å². The van der Waals surface area contributed by atoms with Crippen LogP contribution in [-0.4, -0.2) is 20.7 Å². The van der Waals surface area contributed by atoms with Crippen LogP contribution in [0, 0.1) is 5.92 Å². The van der Waals surface area contributed by atoms with Crippen LogP contribution in [0.25, 0.3) is 0 Å². The zero-order chi connectivity index (χ0) is 11.6. The molecular weight excluding hydrogens is 222 g/mol. The highest BCUT2D eigenvalue weighted by molar-refractivity contribution is 7.88. The Bertz CT molecular complexity index is 437. The molecule has 0 radical (unpaired) electrons. The molecule has 1 atom stereocenters. The number of hydrogen-bond acceptors (Lipinski definition) is 2. The van der Waals surface area contributed by atoms with Gasteiger partial charge in [0.1, 0.15) is 0 Å². The van der Waals surface area contributed by atoms with Gasteiger partial charge in [0.05, 0.1) is 6.26 Å². The summed E-state index contributed by atoms with van der Waals surface area (Å²) in [5.41, 5.74) is 1.19. The van der Waals surface area contributed by atoms with Gasteiger partial charge in [-0.2, -0.15) is 0 Å². The van der Waals surface area contributed by atoms with Gasteiger partial charge in [0.25, 0.3) is 0 Å². The fraction of sp³-hybridized carbons (Fsp3) is 0.500. The van der Waals surface area contributed by atoms with Gasteiger partial charge in [-0.15, -0.1) is 0 Å². The lowest BCUT2D eigenvalue weighted by molar-refractivity contribution is 0.515. The van der Waals surface area contributed by atoms with E-state index in [1.807, 2.05) is 30.3 Å². The lowest BCUT2D eigenvalue weighted by Crippen LogP contribution is -2.37. The average molecular weight is 239 g/mol. The SMILES string of the molecule is CS(=O)(=O)NC(Cc1ccccc1)C1CC1. The maximum absolute atomic E-state index is 11.3. The number of hydrogen-bond donors (Lipinski definition) is 1. The molecule has 1 saturated carbocycles. The highest BCUT2D eigenvalue weighted by atomic mass is 32.2. The summed E-state index contributed by atoms with van der Waals surface area (Å²) in [6.45, 7) is 0. The van der Waals surface area contributed by atoms with Gasteiger partial charge < -0.3 is 0 Å². The molecule has 0 bridgehead atoms. The summed E-state index contributed by atoms with van der Waals surface area (Å²) < 4.78 is 25.2. The predicted octanol–water partition coefficient (Wildman–Crippen LogP) is 1.56. The Balaban J connectivity index is 2.04. The topological polar surface area (TPSA) is 46.2 Å². The molecular formula is C12H17NO2S. The van der Waals surface area contributed by atoms with E-state index in [0.29, 0.717) is 5.92 Å². The Morgan fingerprint density at radius 2 is 1.94 bits per heavy atom. The van der Waals surface area contributed by atoms with E-state index in [1.165, 1.54) is 11.8 Å². The van der Waals surface area contributed by atoms with E-state index in [2.05, 4.69) is 4.72 Å². The van der Waals surface area contributed by atoms with Gasteiger partial charge in [-0.3, -0.25) is 0 Å². The molecule has 0 spiro atoms. The minimum absolute atomic E-state index is 0.0670. The first-order valence-electron chi connectivity index (χ1n) is 5.56. The van der Waals surface area contributed by atoms with Gasteiger partial charge in [0, 0.05) is 6.04 Å². The summed E-state index contributed by atoms with van der Waals surface area (Å²) in [5.74, 6) is 0.523. The first-order chi connectivity index (χ1) is 7.54. The van der Waals surface area contributed by atoms with E-state index >= 15 is 0 Å². The standard InChI is InChI=1S/C12H17NO2S/c1-16(14,15)13-12(11-7-8-11)9-10-5-3-2-4-6-10/h2-6,11-13H,7-9H2,1H3. The van der Waals surface area contributed by atoms with Crippen LogP contribution in [0.5, 0.6) is 0 Å². The summed E-state index contributed by atoms with van der Waals surface area (Å²) in [4.78, 5) is 0. The molecule has 1 N–H and O–H groups in total. The molecule has 16 heavy (non-hydrogen) atoms. The minimum Gasteiger partial charge on any atom is -0.213 e. The first kappa shape index (κ1) is 11.6. The van der Waals surface area contributed by atoms with E-state index in [0.717, 1.165) is 19.3 Å². The molecule has 1 aromatic carbocycles. The number of sulfonamides is 1. The zero-order valence-corrected chi connectivity index (χ0v) is 10.2. The van der Waals surface area contributed by atoms with Crippen molar-refractivity contribution >= 4 is 10.0 Å². The third-order valence-corrected chi connectivity index (χ3v) is 3.59. The molecule has 1 aliphatic rings. The summed E-state index contributed by atoms with van der Waals surface area (Å²) in [6.07, 6.45) is 4.30. The Kier molecular flexibility index (Phi) is 3.30. The zero-order valence-electron chi connectivity index (χ0n) is 9.39. The first-order valence-corrected chi connectivity index (χ1v) is 7.45. The Hall–Kier alpha value is -0.870. The molecule has 1 fully saturated rings. The van der Waals surface area contributed by atoms with Crippen molar-refractivity contribution in [3.63, 3.8) is 0 Å². The van der Waals surface area contributed by atoms with Gasteiger partial charge >= 0.3 is 0 Å². The van der Waals surface area contributed by atoms with E-state index in [1.54, 1.807) is 0 Å². The van der Waals surface area contributed by atoms with Gasteiger partial charge in [-0.25, -0.2) is 13.1 Å². The second-order valence-electron chi connectivity index (χ2n) is 4.52. The predicted molar refractivity (Wildman–Crippen MR) is 64.6 cm³/mol. The molecule has 1 aromatic rings. The van der Waals surface area contributed by atoms with Crippen molar-refractivity contribution in [1.29, 1.82) is 0 Å².